The van der Waals surface area contributed by atoms with E-state index in [1.54, 1.807) is 11.8 Å². The highest BCUT2D eigenvalue weighted by Crippen LogP contribution is 2.19. The van der Waals surface area contributed by atoms with Crippen molar-refractivity contribution in [3.8, 4) is 0 Å². The Morgan fingerprint density at radius 3 is 2.68 bits per heavy atom. The van der Waals surface area contributed by atoms with Crippen molar-refractivity contribution in [3.05, 3.63) is 41.7 Å². The molecule has 19 heavy (non-hydrogen) atoms. The molecule has 2 aromatic rings. The molecule has 2 rings (SSSR count). The van der Waals surface area contributed by atoms with E-state index in [4.69, 9.17) is 5.11 Å². The van der Waals surface area contributed by atoms with Crippen LogP contribution in [0.2, 0.25) is 0 Å². The summed E-state index contributed by atoms with van der Waals surface area (Å²) in [5.41, 5.74) is 1.25. The van der Waals surface area contributed by atoms with E-state index in [9.17, 15) is 0 Å². The first-order valence-corrected chi connectivity index (χ1v) is 7.53. The molecule has 0 radical (unpaired) electrons. The molecule has 0 aliphatic heterocycles. The Kier molecular flexibility index (Phi) is 5.42. The van der Waals surface area contributed by atoms with E-state index >= 15 is 0 Å². The van der Waals surface area contributed by atoms with Crippen molar-refractivity contribution in [1.29, 1.82) is 0 Å². The molecule has 0 aliphatic rings. The maximum absolute atomic E-state index is 8.81. The highest BCUT2D eigenvalue weighted by atomic mass is 32.2. The molecular formula is C14H19N3OS. The van der Waals surface area contributed by atoms with Crippen molar-refractivity contribution >= 4 is 11.8 Å². The molecule has 0 saturated carbocycles. The molecule has 4 nitrogen and oxygen atoms in total. The Bertz CT molecular complexity index is 499. The molecule has 0 saturated heterocycles. The Morgan fingerprint density at radius 2 is 2.00 bits per heavy atom. The van der Waals surface area contributed by atoms with E-state index in [0.717, 1.165) is 36.1 Å². The Labute approximate surface area is 117 Å². The first-order chi connectivity index (χ1) is 9.35. The molecule has 0 bridgehead atoms. The standard InChI is InChI=1S/C14H19N3OS/c1-2-17-13(11-12-7-4-3-5-8-12)15-16-14(17)19-10-6-9-18/h3-5,7-8,18H,2,6,9-11H2,1H3. The van der Waals surface area contributed by atoms with Gasteiger partial charge in [0.25, 0.3) is 0 Å². The molecule has 0 fully saturated rings. The molecule has 0 aliphatic carbocycles. The summed E-state index contributed by atoms with van der Waals surface area (Å²) in [6, 6.07) is 10.3. The van der Waals surface area contributed by atoms with Crippen molar-refractivity contribution in [2.75, 3.05) is 12.4 Å². The zero-order chi connectivity index (χ0) is 13.5. The highest BCUT2D eigenvalue weighted by Gasteiger charge is 2.11. The van der Waals surface area contributed by atoms with Gasteiger partial charge in [-0.3, -0.25) is 0 Å². The summed E-state index contributed by atoms with van der Waals surface area (Å²) in [7, 11) is 0. The number of thioether (sulfide) groups is 1. The lowest BCUT2D eigenvalue weighted by molar-refractivity contribution is 0.296. The van der Waals surface area contributed by atoms with Crippen molar-refractivity contribution in [2.24, 2.45) is 0 Å². The monoisotopic (exact) mass is 277 g/mol. The molecule has 0 unspecified atom stereocenters. The molecule has 0 amide bonds. The van der Waals surface area contributed by atoms with Crippen LogP contribution in [0.4, 0.5) is 0 Å². The number of benzene rings is 1. The number of aliphatic hydroxyl groups excluding tert-OH is 1. The van der Waals surface area contributed by atoms with Crippen LogP contribution >= 0.6 is 11.8 Å². The summed E-state index contributed by atoms with van der Waals surface area (Å²) in [6.07, 6.45) is 1.59. The SMILES string of the molecule is CCn1c(Cc2ccccc2)nnc1SCCCO. The zero-order valence-corrected chi connectivity index (χ0v) is 11.9. The van der Waals surface area contributed by atoms with E-state index in [-0.39, 0.29) is 6.61 Å². The first kappa shape index (κ1) is 14.1. The van der Waals surface area contributed by atoms with Gasteiger partial charge >= 0.3 is 0 Å². The highest BCUT2D eigenvalue weighted by molar-refractivity contribution is 7.99. The molecule has 102 valence electrons. The summed E-state index contributed by atoms with van der Waals surface area (Å²) in [5.74, 6) is 1.88. The van der Waals surface area contributed by atoms with Gasteiger partial charge < -0.3 is 9.67 Å². The molecule has 0 spiro atoms. The van der Waals surface area contributed by atoms with Gasteiger partial charge in [-0.15, -0.1) is 10.2 Å². The largest absolute Gasteiger partial charge is 0.396 e. The van der Waals surface area contributed by atoms with Gasteiger partial charge in [-0.25, -0.2) is 0 Å². The van der Waals surface area contributed by atoms with Crippen LogP contribution in [0.1, 0.15) is 24.7 Å². The van der Waals surface area contributed by atoms with Crippen LogP contribution in [-0.2, 0) is 13.0 Å². The summed E-state index contributed by atoms with van der Waals surface area (Å²) in [6.45, 7) is 3.20. The fraction of sp³-hybridized carbons (Fsp3) is 0.429. The Hall–Kier alpha value is -1.33. The van der Waals surface area contributed by atoms with Crippen LogP contribution < -0.4 is 0 Å². The van der Waals surface area contributed by atoms with Crippen molar-refractivity contribution in [1.82, 2.24) is 14.8 Å². The van der Waals surface area contributed by atoms with Gasteiger partial charge in [-0.1, -0.05) is 42.1 Å². The van der Waals surface area contributed by atoms with Gasteiger partial charge in [0.1, 0.15) is 5.82 Å². The molecule has 5 heteroatoms. The minimum atomic E-state index is 0.226. The van der Waals surface area contributed by atoms with E-state index in [0.29, 0.717) is 0 Å². The van der Waals surface area contributed by atoms with Crippen molar-refractivity contribution < 1.29 is 5.11 Å². The second-order valence-electron chi connectivity index (χ2n) is 4.23. The van der Waals surface area contributed by atoms with Crippen LogP contribution in [0.25, 0.3) is 0 Å². The lowest BCUT2D eigenvalue weighted by Crippen LogP contribution is -2.04. The molecule has 1 aromatic carbocycles. The van der Waals surface area contributed by atoms with Gasteiger partial charge in [0.15, 0.2) is 5.16 Å². The lowest BCUT2D eigenvalue weighted by atomic mass is 10.1. The van der Waals surface area contributed by atoms with Gasteiger partial charge in [0.2, 0.25) is 0 Å². The predicted octanol–water partition coefficient (Wildman–Crippen LogP) is 2.36. The normalized spacial score (nSPS) is 10.8. The number of hydrogen-bond donors (Lipinski definition) is 1. The van der Waals surface area contributed by atoms with Crippen LogP contribution in [0.15, 0.2) is 35.5 Å². The summed E-state index contributed by atoms with van der Waals surface area (Å²) >= 11 is 1.66. The second-order valence-corrected chi connectivity index (χ2v) is 5.29. The number of aliphatic hydroxyl groups is 1. The average molecular weight is 277 g/mol. The van der Waals surface area contributed by atoms with Crippen LogP contribution in [0, 0.1) is 0 Å². The smallest absolute Gasteiger partial charge is 0.191 e. The van der Waals surface area contributed by atoms with Crippen LogP contribution in [0.5, 0.6) is 0 Å². The van der Waals surface area contributed by atoms with Gasteiger partial charge in [-0.05, 0) is 18.9 Å². The molecule has 1 N–H and O–H groups in total. The third-order valence-electron chi connectivity index (χ3n) is 2.85. The minimum Gasteiger partial charge on any atom is -0.396 e. The second kappa shape index (κ2) is 7.31. The summed E-state index contributed by atoms with van der Waals surface area (Å²) < 4.78 is 2.15. The summed E-state index contributed by atoms with van der Waals surface area (Å²) in [4.78, 5) is 0. The van der Waals surface area contributed by atoms with Crippen molar-refractivity contribution in [3.63, 3.8) is 0 Å². The van der Waals surface area contributed by atoms with E-state index in [1.165, 1.54) is 5.56 Å². The third kappa shape index (κ3) is 3.81. The predicted molar refractivity (Wildman–Crippen MR) is 77.4 cm³/mol. The molecule has 1 aromatic heterocycles. The number of aromatic nitrogens is 3. The lowest BCUT2D eigenvalue weighted by Gasteiger charge is -2.07. The number of rotatable bonds is 7. The Balaban J connectivity index is 2.08. The van der Waals surface area contributed by atoms with E-state index < -0.39 is 0 Å². The average Bonchev–Trinajstić information content (AvgIpc) is 2.82. The Morgan fingerprint density at radius 1 is 1.21 bits per heavy atom. The fourth-order valence-corrected chi connectivity index (χ4v) is 2.83. The van der Waals surface area contributed by atoms with Gasteiger partial charge in [-0.2, -0.15) is 0 Å². The zero-order valence-electron chi connectivity index (χ0n) is 11.1. The topological polar surface area (TPSA) is 50.9 Å². The van der Waals surface area contributed by atoms with E-state index in [2.05, 4.69) is 33.8 Å². The maximum atomic E-state index is 8.81. The minimum absolute atomic E-state index is 0.226. The van der Waals surface area contributed by atoms with E-state index in [1.807, 2.05) is 18.2 Å². The van der Waals surface area contributed by atoms with Crippen LogP contribution in [0.3, 0.4) is 0 Å². The van der Waals surface area contributed by atoms with Gasteiger partial charge in [0.05, 0.1) is 0 Å². The third-order valence-corrected chi connectivity index (χ3v) is 3.90. The number of hydrogen-bond acceptors (Lipinski definition) is 4. The van der Waals surface area contributed by atoms with Crippen molar-refractivity contribution in [2.45, 2.75) is 31.5 Å². The maximum Gasteiger partial charge on any atom is 0.191 e. The quantitative estimate of drug-likeness (QED) is 0.623. The first-order valence-electron chi connectivity index (χ1n) is 6.54. The molecule has 1 heterocycles. The summed E-state index contributed by atoms with van der Waals surface area (Å²) in [5, 5.41) is 18.3. The van der Waals surface area contributed by atoms with Crippen LogP contribution in [-0.4, -0.2) is 32.2 Å². The number of nitrogens with zero attached hydrogens (tertiary/aromatic N) is 3. The fourth-order valence-electron chi connectivity index (χ4n) is 1.88. The molecule has 0 atom stereocenters. The van der Waals surface area contributed by atoms with Gasteiger partial charge in [0, 0.05) is 25.3 Å². The molecular weight excluding hydrogens is 258 g/mol.